The monoisotopic (exact) mass is 340 g/mol. The molecular formula is C20H24N2O3. The summed E-state index contributed by atoms with van der Waals surface area (Å²) < 4.78 is 11.3. The maximum Gasteiger partial charge on any atom is 0.238 e. The van der Waals surface area contributed by atoms with Gasteiger partial charge in [-0.1, -0.05) is 31.5 Å². The zero-order valence-electron chi connectivity index (χ0n) is 14.9. The minimum absolute atomic E-state index is 0.100. The van der Waals surface area contributed by atoms with Crippen molar-refractivity contribution in [3.05, 3.63) is 36.4 Å². The average Bonchev–Trinajstić information content (AvgIpc) is 2.97. The third-order valence-corrected chi connectivity index (χ3v) is 4.31. The van der Waals surface area contributed by atoms with Gasteiger partial charge < -0.3 is 19.8 Å². The fourth-order valence-electron chi connectivity index (χ4n) is 3.01. The number of nitrogens with one attached hydrogen (secondary N) is 2. The number of amides is 1. The molecular weight excluding hydrogens is 316 g/mol. The van der Waals surface area contributed by atoms with Crippen LogP contribution in [-0.2, 0) is 4.79 Å². The molecule has 0 spiro atoms. The summed E-state index contributed by atoms with van der Waals surface area (Å²) in [6.07, 6.45) is 2.13. The second-order valence-electron chi connectivity index (χ2n) is 6.27. The van der Waals surface area contributed by atoms with Crippen LogP contribution >= 0.6 is 0 Å². The topological polar surface area (TPSA) is 63.5 Å². The summed E-state index contributed by atoms with van der Waals surface area (Å²) in [5, 5.41) is 8.14. The van der Waals surface area contributed by atoms with E-state index in [2.05, 4.69) is 24.5 Å². The smallest absolute Gasteiger partial charge is 0.238 e. The number of hydrogen-bond donors (Lipinski definition) is 2. The van der Waals surface area contributed by atoms with E-state index in [0.717, 1.165) is 34.8 Å². The van der Waals surface area contributed by atoms with Crippen LogP contribution in [0.1, 0.15) is 26.7 Å². The molecule has 0 radical (unpaired) electrons. The molecule has 3 rings (SSSR count). The SMILES string of the molecule is CCC[C@H](C)NCC(=O)Nc1cc2oc3ccccc3c2cc1OC. The first kappa shape index (κ1) is 17.3. The number of anilines is 1. The third-order valence-electron chi connectivity index (χ3n) is 4.31. The lowest BCUT2D eigenvalue weighted by atomic mass is 10.1. The van der Waals surface area contributed by atoms with E-state index < -0.39 is 0 Å². The summed E-state index contributed by atoms with van der Waals surface area (Å²) in [5.74, 6) is 0.519. The summed E-state index contributed by atoms with van der Waals surface area (Å²) in [6.45, 7) is 4.48. The Kier molecular flexibility index (Phi) is 5.24. The Hall–Kier alpha value is -2.53. The van der Waals surface area contributed by atoms with E-state index in [1.165, 1.54) is 0 Å². The van der Waals surface area contributed by atoms with Gasteiger partial charge in [-0.2, -0.15) is 0 Å². The van der Waals surface area contributed by atoms with Crippen molar-refractivity contribution in [1.82, 2.24) is 5.32 Å². The molecule has 1 atom stereocenters. The standard InChI is InChI=1S/C20H24N2O3/c1-4-7-13(2)21-12-20(23)22-16-11-18-15(10-19(16)24-3)14-8-5-6-9-17(14)25-18/h5-6,8-11,13,21H,4,7,12H2,1-3H3,(H,22,23)/t13-/m0/s1. The van der Waals surface area contributed by atoms with Crippen molar-refractivity contribution in [1.29, 1.82) is 0 Å². The van der Waals surface area contributed by atoms with Crippen LogP contribution in [0.15, 0.2) is 40.8 Å². The second-order valence-corrected chi connectivity index (χ2v) is 6.27. The summed E-state index contributed by atoms with van der Waals surface area (Å²) in [4.78, 5) is 12.2. The van der Waals surface area contributed by atoms with Gasteiger partial charge in [0.15, 0.2) is 0 Å². The Morgan fingerprint density at radius 2 is 2.00 bits per heavy atom. The molecule has 25 heavy (non-hydrogen) atoms. The van der Waals surface area contributed by atoms with E-state index in [1.807, 2.05) is 36.4 Å². The maximum absolute atomic E-state index is 12.2. The Balaban J connectivity index is 1.83. The number of para-hydroxylation sites is 1. The summed E-state index contributed by atoms with van der Waals surface area (Å²) >= 11 is 0. The van der Waals surface area contributed by atoms with Gasteiger partial charge in [-0.3, -0.25) is 4.79 Å². The van der Waals surface area contributed by atoms with Crippen molar-refractivity contribution >= 4 is 33.5 Å². The van der Waals surface area contributed by atoms with Crippen molar-refractivity contribution in [2.45, 2.75) is 32.7 Å². The van der Waals surface area contributed by atoms with Crippen molar-refractivity contribution in [2.75, 3.05) is 19.0 Å². The zero-order chi connectivity index (χ0) is 17.8. The van der Waals surface area contributed by atoms with E-state index in [0.29, 0.717) is 17.5 Å². The van der Waals surface area contributed by atoms with Gasteiger partial charge in [-0.25, -0.2) is 0 Å². The lowest BCUT2D eigenvalue weighted by Crippen LogP contribution is -2.34. The number of methoxy groups -OCH3 is 1. The lowest BCUT2D eigenvalue weighted by Gasteiger charge is -2.14. The molecule has 0 fully saturated rings. The van der Waals surface area contributed by atoms with Crippen LogP contribution < -0.4 is 15.4 Å². The normalized spacial score (nSPS) is 12.4. The summed E-state index contributed by atoms with van der Waals surface area (Å²) in [5.41, 5.74) is 2.16. The van der Waals surface area contributed by atoms with Gasteiger partial charge in [-0.15, -0.1) is 0 Å². The fraction of sp³-hybridized carbons (Fsp3) is 0.350. The van der Waals surface area contributed by atoms with Crippen molar-refractivity contribution < 1.29 is 13.9 Å². The van der Waals surface area contributed by atoms with Crippen LogP contribution in [-0.4, -0.2) is 25.6 Å². The van der Waals surface area contributed by atoms with Crippen LogP contribution in [0, 0.1) is 0 Å². The Morgan fingerprint density at radius 3 is 2.76 bits per heavy atom. The fourth-order valence-corrected chi connectivity index (χ4v) is 3.01. The molecule has 0 aliphatic carbocycles. The molecule has 1 heterocycles. The highest BCUT2D eigenvalue weighted by molar-refractivity contribution is 6.07. The van der Waals surface area contributed by atoms with Gasteiger partial charge in [0.25, 0.3) is 0 Å². The number of benzene rings is 2. The predicted molar refractivity (Wildman–Crippen MR) is 101 cm³/mol. The largest absolute Gasteiger partial charge is 0.495 e. The summed E-state index contributed by atoms with van der Waals surface area (Å²) in [6, 6.07) is 11.9. The van der Waals surface area contributed by atoms with Crippen LogP contribution in [0.25, 0.3) is 21.9 Å². The van der Waals surface area contributed by atoms with Crippen molar-refractivity contribution in [2.24, 2.45) is 0 Å². The molecule has 132 valence electrons. The first-order valence-electron chi connectivity index (χ1n) is 8.65. The number of rotatable bonds is 7. The number of fused-ring (bicyclic) bond motifs is 3. The number of furan rings is 1. The molecule has 5 nitrogen and oxygen atoms in total. The van der Waals surface area contributed by atoms with Crippen LogP contribution in [0.5, 0.6) is 5.75 Å². The van der Waals surface area contributed by atoms with Gasteiger partial charge in [-0.05, 0) is 25.5 Å². The molecule has 2 N–H and O–H groups in total. The molecule has 0 unspecified atom stereocenters. The Labute approximate surface area is 147 Å². The van der Waals surface area contributed by atoms with E-state index in [4.69, 9.17) is 9.15 Å². The van der Waals surface area contributed by atoms with Gasteiger partial charge in [0.1, 0.15) is 16.9 Å². The number of ether oxygens (including phenoxy) is 1. The number of carbonyl (C=O) groups is 1. The molecule has 0 saturated carbocycles. The molecule has 0 saturated heterocycles. The predicted octanol–water partition coefficient (Wildman–Crippen LogP) is 4.31. The lowest BCUT2D eigenvalue weighted by molar-refractivity contribution is -0.115. The van der Waals surface area contributed by atoms with Crippen molar-refractivity contribution in [3.63, 3.8) is 0 Å². The second kappa shape index (κ2) is 7.57. The first-order valence-corrected chi connectivity index (χ1v) is 8.65. The van der Waals surface area contributed by atoms with Crippen LogP contribution in [0.4, 0.5) is 5.69 Å². The minimum atomic E-state index is -0.100. The molecule has 0 aliphatic rings. The number of carbonyl (C=O) groups excluding carboxylic acids is 1. The van der Waals surface area contributed by atoms with E-state index in [-0.39, 0.29) is 12.5 Å². The van der Waals surface area contributed by atoms with Crippen molar-refractivity contribution in [3.8, 4) is 5.75 Å². The first-order chi connectivity index (χ1) is 12.1. The van der Waals surface area contributed by atoms with E-state index in [1.54, 1.807) is 7.11 Å². The van der Waals surface area contributed by atoms with Crippen LogP contribution in [0.2, 0.25) is 0 Å². The molecule has 0 aliphatic heterocycles. The molecule has 3 aromatic rings. The van der Waals surface area contributed by atoms with Gasteiger partial charge >= 0.3 is 0 Å². The molecule has 1 amide bonds. The molecule has 2 aromatic carbocycles. The van der Waals surface area contributed by atoms with Crippen LogP contribution in [0.3, 0.4) is 0 Å². The highest BCUT2D eigenvalue weighted by Gasteiger charge is 2.14. The van der Waals surface area contributed by atoms with Gasteiger partial charge in [0, 0.05) is 22.9 Å². The Morgan fingerprint density at radius 1 is 1.20 bits per heavy atom. The van der Waals surface area contributed by atoms with Gasteiger partial charge in [0.05, 0.1) is 19.3 Å². The zero-order valence-corrected chi connectivity index (χ0v) is 14.9. The van der Waals surface area contributed by atoms with E-state index in [9.17, 15) is 4.79 Å². The Bertz CT molecular complexity index is 885. The molecule has 0 bridgehead atoms. The highest BCUT2D eigenvalue weighted by atomic mass is 16.5. The number of hydrogen-bond acceptors (Lipinski definition) is 4. The third kappa shape index (κ3) is 3.77. The summed E-state index contributed by atoms with van der Waals surface area (Å²) in [7, 11) is 1.60. The molecule has 1 aromatic heterocycles. The maximum atomic E-state index is 12.2. The minimum Gasteiger partial charge on any atom is -0.495 e. The highest BCUT2D eigenvalue weighted by Crippen LogP contribution is 2.36. The average molecular weight is 340 g/mol. The van der Waals surface area contributed by atoms with Gasteiger partial charge in [0.2, 0.25) is 5.91 Å². The van der Waals surface area contributed by atoms with E-state index >= 15 is 0 Å². The quantitative estimate of drug-likeness (QED) is 0.673. The molecule has 5 heteroatoms.